The molecule has 6 nitrogen and oxygen atoms in total. The van der Waals surface area contributed by atoms with Crippen molar-refractivity contribution >= 4 is 33.2 Å². The first-order valence-electron chi connectivity index (χ1n) is 6.12. The van der Waals surface area contributed by atoms with E-state index in [1.54, 1.807) is 6.92 Å². The van der Waals surface area contributed by atoms with Crippen LogP contribution in [0.3, 0.4) is 0 Å². The summed E-state index contributed by atoms with van der Waals surface area (Å²) in [7, 11) is -4.13. The molecular formula is C12H15ClFN3O3S. The Kier molecular flexibility index (Phi) is 3.90. The minimum absolute atomic E-state index is 0.0179. The van der Waals surface area contributed by atoms with Gasteiger partial charge in [0, 0.05) is 18.1 Å². The lowest BCUT2D eigenvalue weighted by Gasteiger charge is -2.21. The average molecular weight is 336 g/mol. The Hall–Kier alpha value is -1.38. The molecule has 1 aliphatic rings. The second-order valence-electron chi connectivity index (χ2n) is 5.32. The largest absolute Gasteiger partial charge is 0.396 e. The fourth-order valence-electron chi connectivity index (χ4n) is 2.24. The van der Waals surface area contributed by atoms with Crippen LogP contribution in [0.4, 0.5) is 10.1 Å². The number of carbonyl (C=O) groups is 1. The van der Waals surface area contributed by atoms with Crippen LogP contribution in [0.1, 0.15) is 13.3 Å². The number of nitrogen functional groups attached to an aromatic ring is 1. The van der Waals surface area contributed by atoms with Gasteiger partial charge in [-0.2, -0.15) is 4.31 Å². The molecule has 1 fully saturated rings. The normalized spacial score (nSPS) is 23.4. The number of nitrogens with zero attached hydrogens (tertiary/aromatic N) is 1. The average Bonchev–Trinajstić information content (AvgIpc) is 2.78. The molecule has 9 heteroatoms. The maximum Gasteiger partial charge on any atom is 0.246 e. The van der Waals surface area contributed by atoms with Crippen molar-refractivity contribution < 1.29 is 17.6 Å². The highest BCUT2D eigenvalue weighted by Gasteiger charge is 2.44. The van der Waals surface area contributed by atoms with Crippen molar-refractivity contribution in [2.24, 2.45) is 11.1 Å². The summed E-state index contributed by atoms with van der Waals surface area (Å²) in [6.07, 6.45) is 0.277. The van der Waals surface area contributed by atoms with Gasteiger partial charge in [0.05, 0.1) is 11.1 Å². The fraction of sp³-hybridized carbons (Fsp3) is 0.417. The smallest absolute Gasteiger partial charge is 0.246 e. The van der Waals surface area contributed by atoms with Crippen molar-refractivity contribution in [1.82, 2.24) is 4.31 Å². The van der Waals surface area contributed by atoms with E-state index in [0.717, 1.165) is 16.4 Å². The Morgan fingerprint density at radius 2 is 2.10 bits per heavy atom. The molecule has 0 aromatic heterocycles. The minimum Gasteiger partial charge on any atom is -0.396 e. The summed E-state index contributed by atoms with van der Waals surface area (Å²) in [4.78, 5) is 10.8. The second-order valence-corrected chi connectivity index (χ2v) is 7.66. The third-order valence-electron chi connectivity index (χ3n) is 3.68. The van der Waals surface area contributed by atoms with Crippen LogP contribution in [-0.4, -0.2) is 31.7 Å². The molecule has 1 heterocycles. The zero-order valence-electron chi connectivity index (χ0n) is 11.3. The number of anilines is 1. The van der Waals surface area contributed by atoms with Gasteiger partial charge in [-0.15, -0.1) is 0 Å². The van der Waals surface area contributed by atoms with E-state index in [1.807, 2.05) is 0 Å². The van der Waals surface area contributed by atoms with Crippen molar-refractivity contribution in [2.75, 3.05) is 18.8 Å². The zero-order valence-corrected chi connectivity index (χ0v) is 12.8. The van der Waals surface area contributed by atoms with E-state index < -0.39 is 32.1 Å². The van der Waals surface area contributed by atoms with E-state index in [0.29, 0.717) is 0 Å². The quantitative estimate of drug-likeness (QED) is 0.802. The highest BCUT2D eigenvalue weighted by Crippen LogP contribution is 2.35. The first kappa shape index (κ1) is 16.0. The van der Waals surface area contributed by atoms with Gasteiger partial charge in [0.25, 0.3) is 0 Å². The summed E-state index contributed by atoms with van der Waals surface area (Å²) in [6, 6.07) is 2.13. The molecule has 1 amide bonds. The van der Waals surface area contributed by atoms with Crippen LogP contribution in [0.25, 0.3) is 0 Å². The topological polar surface area (TPSA) is 106 Å². The number of hydrogen-bond acceptors (Lipinski definition) is 4. The number of sulfonamides is 1. The van der Waals surface area contributed by atoms with Gasteiger partial charge in [0.15, 0.2) is 5.82 Å². The molecule has 4 N–H and O–H groups in total. The number of hydrogen-bond donors (Lipinski definition) is 2. The molecule has 1 aromatic carbocycles. The number of carbonyl (C=O) groups excluding carboxylic acids is 1. The van der Waals surface area contributed by atoms with E-state index in [9.17, 15) is 17.6 Å². The molecule has 2 rings (SSSR count). The van der Waals surface area contributed by atoms with Crippen molar-refractivity contribution in [3.8, 4) is 0 Å². The van der Waals surface area contributed by atoms with Crippen LogP contribution in [0, 0.1) is 11.2 Å². The molecule has 0 saturated carbocycles. The maximum absolute atomic E-state index is 14.0. The highest BCUT2D eigenvalue weighted by molar-refractivity contribution is 7.89. The molecule has 116 valence electrons. The first-order chi connectivity index (χ1) is 9.58. The third-order valence-corrected chi connectivity index (χ3v) is 5.75. The zero-order chi connectivity index (χ0) is 16.0. The molecule has 1 aliphatic heterocycles. The van der Waals surface area contributed by atoms with Gasteiger partial charge < -0.3 is 11.5 Å². The summed E-state index contributed by atoms with van der Waals surface area (Å²) < 4.78 is 40.0. The van der Waals surface area contributed by atoms with Gasteiger partial charge in [-0.3, -0.25) is 4.79 Å². The van der Waals surface area contributed by atoms with Gasteiger partial charge in [-0.1, -0.05) is 11.6 Å². The molecule has 1 atom stereocenters. The van der Waals surface area contributed by atoms with Gasteiger partial charge in [0.1, 0.15) is 4.90 Å². The Balaban J connectivity index is 2.43. The molecule has 1 unspecified atom stereocenters. The standard InChI is InChI=1S/C12H15ClFN3O3S/c1-12(11(16)18)2-3-17(6-12)21(19,20)9-5-7(13)4-8(15)10(9)14/h4-5H,2-3,6,15H2,1H3,(H2,16,18). The van der Waals surface area contributed by atoms with Crippen molar-refractivity contribution in [1.29, 1.82) is 0 Å². The molecule has 1 aromatic rings. The number of primary amides is 1. The first-order valence-corrected chi connectivity index (χ1v) is 7.94. The minimum atomic E-state index is -4.13. The number of amides is 1. The lowest BCUT2D eigenvalue weighted by atomic mass is 9.89. The SMILES string of the molecule is CC1(C(N)=O)CCN(S(=O)(=O)c2cc(Cl)cc(N)c2F)C1. The van der Waals surface area contributed by atoms with Crippen molar-refractivity contribution in [3.63, 3.8) is 0 Å². The van der Waals surface area contributed by atoms with E-state index in [4.69, 9.17) is 23.1 Å². The van der Waals surface area contributed by atoms with E-state index in [-0.39, 0.29) is 30.2 Å². The highest BCUT2D eigenvalue weighted by atomic mass is 35.5. The van der Waals surface area contributed by atoms with Crippen LogP contribution in [0.2, 0.25) is 5.02 Å². The molecule has 0 aliphatic carbocycles. The molecule has 0 spiro atoms. The summed E-state index contributed by atoms with van der Waals surface area (Å²) in [5.41, 5.74) is 9.37. The number of nitrogens with two attached hydrogens (primary N) is 2. The number of rotatable bonds is 3. The van der Waals surface area contributed by atoms with Crippen LogP contribution in [-0.2, 0) is 14.8 Å². The maximum atomic E-state index is 14.0. The summed E-state index contributed by atoms with van der Waals surface area (Å²) >= 11 is 5.74. The lowest BCUT2D eigenvalue weighted by Crippen LogP contribution is -2.38. The van der Waals surface area contributed by atoms with E-state index in [1.165, 1.54) is 0 Å². The van der Waals surface area contributed by atoms with Crippen LogP contribution >= 0.6 is 11.6 Å². The molecule has 0 radical (unpaired) electrons. The van der Waals surface area contributed by atoms with Gasteiger partial charge in [-0.05, 0) is 25.5 Å². The van der Waals surface area contributed by atoms with Gasteiger partial charge in [-0.25, -0.2) is 12.8 Å². The second kappa shape index (κ2) is 5.11. The summed E-state index contributed by atoms with van der Waals surface area (Å²) in [5.74, 6) is -1.64. The van der Waals surface area contributed by atoms with E-state index >= 15 is 0 Å². The lowest BCUT2D eigenvalue weighted by molar-refractivity contribution is -0.126. The predicted molar refractivity (Wildman–Crippen MR) is 76.5 cm³/mol. The van der Waals surface area contributed by atoms with Crippen LogP contribution in [0.15, 0.2) is 17.0 Å². The molecular weight excluding hydrogens is 321 g/mol. The Bertz CT molecular complexity index is 710. The van der Waals surface area contributed by atoms with Crippen LogP contribution in [0.5, 0.6) is 0 Å². The van der Waals surface area contributed by atoms with Crippen LogP contribution < -0.4 is 11.5 Å². The van der Waals surface area contributed by atoms with E-state index in [2.05, 4.69) is 0 Å². The Morgan fingerprint density at radius 1 is 1.48 bits per heavy atom. The number of benzene rings is 1. The molecule has 1 saturated heterocycles. The number of halogens is 2. The fourth-order valence-corrected chi connectivity index (χ4v) is 4.21. The Labute approximate surface area is 126 Å². The van der Waals surface area contributed by atoms with Crippen molar-refractivity contribution in [2.45, 2.75) is 18.2 Å². The Morgan fingerprint density at radius 3 is 2.62 bits per heavy atom. The van der Waals surface area contributed by atoms with Gasteiger partial charge in [0.2, 0.25) is 15.9 Å². The van der Waals surface area contributed by atoms with Crippen molar-refractivity contribution in [3.05, 3.63) is 23.0 Å². The monoisotopic (exact) mass is 335 g/mol. The van der Waals surface area contributed by atoms with Gasteiger partial charge >= 0.3 is 0 Å². The summed E-state index contributed by atoms with van der Waals surface area (Å²) in [6.45, 7) is 1.55. The molecule has 0 bridgehead atoms. The molecule has 21 heavy (non-hydrogen) atoms. The predicted octanol–water partition coefficient (Wildman–Crippen LogP) is 0.947. The summed E-state index contributed by atoms with van der Waals surface area (Å²) in [5, 5.41) is 0.0179. The third kappa shape index (κ3) is 2.70.